The molecule has 20 heavy (non-hydrogen) atoms. The van der Waals surface area contributed by atoms with Crippen molar-refractivity contribution in [1.82, 2.24) is 4.57 Å². The number of nitrogen functional groups attached to an aromatic ring is 1. The van der Waals surface area contributed by atoms with E-state index >= 15 is 0 Å². The van der Waals surface area contributed by atoms with E-state index in [9.17, 15) is 13.6 Å². The molecule has 0 radical (unpaired) electrons. The molecule has 3 rings (SSSR count). The van der Waals surface area contributed by atoms with E-state index in [0.29, 0.717) is 10.8 Å². The van der Waals surface area contributed by atoms with Crippen molar-refractivity contribution in [3.05, 3.63) is 70.5 Å². The second kappa shape index (κ2) is 4.45. The summed E-state index contributed by atoms with van der Waals surface area (Å²) in [5.74, 6) is -1.83. The summed E-state index contributed by atoms with van der Waals surface area (Å²) in [4.78, 5) is 12.4. The summed E-state index contributed by atoms with van der Waals surface area (Å²) in [6.07, 6.45) is 0. The van der Waals surface area contributed by atoms with Gasteiger partial charge in [0.2, 0.25) is 0 Å². The summed E-state index contributed by atoms with van der Waals surface area (Å²) in [7, 11) is 0. The molecule has 0 aliphatic heterocycles. The van der Waals surface area contributed by atoms with Crippen LogP contribution in [0.4, 0.5) is 14.6 Å². The highest BCUT2D eigenvalue weighted by Gasteiger charge is 2.11. The molecular formula is C15H10F2N2O. The second-order valence-corrected chi connectivity index (χ2v) is 4.40. The highest BCUT2D eigenvalue weighted by Crippen LogP contribution is 2.18. The number of nitrogens with two attached hydrogens (primary N) is 1. The summed E-state index contributed by atoms with van der Waals surface area (Å²) in [6.45, 7) is 0. The van der Waals surface area contributed by atoms with Crippen LogP contribution in [0, 0.1) is 11.6 Å². The SMILES string of the molecule is Nc1cc2ccccc2c(=O)n1-c1ccc(F)c(F)c1. The second-order valence-electron chi connectivity index (χ2n) is 4.40. The fourth-order valence-electron chi connectivity index (χ4n) is 2.17. The van der Waals surface area contributed by atoms with Crippen LogP contribution in [0.1, 0.15) is 0 Å². The van der Waals surface area contributed by atoms with Crippen molar-refractivity contribution < 1.29 is 8.78 Å². The third kappa shape index (κ3) is 1.84. The molecule has 1 heterocycles. The van der Waals surface area contributed by atoms with Gasteiger partial charge in [0.15, 0.2) is 11.6 Å². The quantitative estimate of drug-likeness (QED) is 0.740. The third-order valence-corrected chi connectivity index (χ3v) is 3.12. The van der Waals surface area contributed by atoms with Crippen molar-refractivity contribution in [1.29, 1.82) is 0 Å². The van der Waals surface area contributed by atoms with Crippen LogP contribution in [-0.2, 0) is 0 Å². The van der Waals surface area contributed by atoms with Gasteiger partial charge in [-0.1, -0.05) is 18.2 Å². The zero-order valence-corrected chi connectivity index (χ0v) is 10.3. The molecule has 3 nitrogen and oxygen atoms in total. The summed E-state index contributed by atoms with van der Waals surface area (Å²) in [5.41, 5.74) is 5.68. The van der Waals surface area contributed by atoms with Gasteiger partial charge >= 0.3 is 0 Å². The first-order valence-electron chi connectivity index (χ1n) is 5.93. The van der Waals surface area contributed by atoms with Crippen molar-refractivity contribution in [2.75, 3.05) is 5.73 Å². The fourth-order valence-corrected chi connectivity index (χ4v) is 2.17. The van der Waals surface area contributed by atoms with Crippen LogP contribution in [0.3, 0.4) is 0 Å². The molecule has 0 bridgehead atoms. The topological polar surface area (TPSA) is 48.0 Å². The molecule has 3 aromatic rings. The van der Waals surface area contributed by atoms with Crippen molar-refractivity contribution in [2.45, 2.75) is 0 Å². The Kier molecular flexibility index (Phi) is 2.75. The van der Waals surface area contributed by atoms with E-state index in [2.05, 4.69) is 0 Å². The van der Waals surface area contributed by atoms with Crippen LogP contribution in [0.5, 0.6) is 0 Å². The van der Waals surface area contributed by atoms with E-state index in [1.165, 1.54) is 6.07 Å². The van der Waals surface area contributed by atoms with Crippen molar-refractivity contribution >= 4 is 16.6 Å². The zero-order valence-electron chi connectivity index (χ0n) is 10.3. The van der Waals surface area contributed by atoms with Crippen LogP contribution < -0.4 is 11.3 Å². The summed E-state index contributed by atoms with van der Waals surface area (Å²) >= 11 is 0. The molecule has 1 aromatic heterocycles. The number of fused-ring (bicyclic) bond motifs is 1. The minimum Gasteiger partial charge on any atom is -0.385 e. The van der Waals surface area contributed by atoms with Gasteiger partial charge in [-0.2, -0.15) is 0 Å². The molecule has 5 heteroatoms. The predicted octanol–water partition coefficient (Wildman–Crippen LogP) is 2.85. The molecule has 0 saturated heterocycles. The van der Waals surface area contributed by atoms with Gasteiger partial charge in [0.05, 0.1) is 5.69 Å². The molecule has 0 fully saturated rings. The van der Waals surface area contributed by atoms with E-state index in [1.807, 2.05) is 0 Å². The maximum absolute atomic E-state index is 13.3. The Hall–Kier alpha value is -2.69. The maximum Gasteiger partial charge on any atom is 0.264 e. The Labute approximate surface area is 112 Å². The Morgan fingerprint density at radius 1 is 0.950 bits per heavy atom. The Bertz CT molecular complexity index is 871. The molecule has 0 unspecified atom stereocenters. The van der Waals surface area contributed by atoms with Crippen LogP contribution >= 0.6 is 0 Å². The van der Waals surface area contributed by atoms with E-state index in [0.717, 1.165) is 16.7 Å². The maximum atomic E-state index is 13.3. The van der Waals surface area contributed by atoms with Crippen molar-refractivity contribution in [3.63, 3.8) is 0 Å². The molecule has 0 aliphatic carbocycles. The van der Waals surface area contributed by atoms with Gasteiger partial charge in [-0.3, -0.25) is 9.36 Å². The first-order valence-corrected chi connectivity index (χ1v) is 5.93. The minimum atomic E-state index is -1.03. The number of halogens is 2. The highest BCUT2D eigenvalue weighted by atomic mass is 19.2. The molecule has 0 amide bonds. The van der Waals surface area contributed by atoms with Crippen molar-refractivity contribution in [2.24, 2.45) is 0 Å². The normalized spacial score (nSPS) is 10.9. The van der Waals surface area contributed by atoms with Crippen LogP contribution in [0.15, 0.2) is 53.3 Å². The lowest BCUT2D eigenvalue weighted by Crippen LogP contribution is -2.21. The Morgan fingerprint density at radius 2 is 1.70 bits per heavy atom. The van der Waals surface area contributed by atoms with Gasteiger partial charge in [0.25, 0.3) is 5.56 Å². The van der Waals surface area contributed by atoms with E-state index in [1.54, 1.807) is 30.3 Å². The van der Waals surface area contributed by atoms with Crippen LogP contribution in [0.25, 0.3) is 16.5 Å². The first-order chi connectivity index (χ1) is 9.58. The highest BCUT2D eigenvalue weighted by molar-refractivity contribution is 5.84. The van der Waals surface area contributed by atoms with E-state index < -0.39 is 11.6 Å². The van der Waals surface area contributed by atoms with Gasteiger partial charge in [0.1, 0.15) is 5.82 Å². The van der Waals surface area contributed by atoms with Crippen LogP contribution in [-0.4, -0.2) is 4.57 Å². The molecule has 2 aromatic carbocycles. The smallest absolute Gasteiger partial charge is 0.264 e. The average Bonchev–Trinajstić information content (AvgIpc) is 2.43. The summed E-state index contributed by atoms with van der Waals surface area (Å²) in [5, 5.41) is 1.17. The first kappa shape index (κ1) is 12.3. The van der Waals surface area contributed by atoms with Gasteiger partial charge < -0.3 is 5.73 Å². The van der Waals surface area contributed by atoms with Gasteiger partial charge in [-0.15, -0.1) is 0 Å². The number of pyridine rings is 1. The average molecular weight is 272 g/mol. The lowest BCUT2D eigenvalue weighted by molar-refractivity contribution is 0.508. The molecule has 0 aliphatic rings. The molecule has 2 N–H and O–H groups in total. The van der Waals surface area contributed by atoms with Crippen molar-refractivity contribution in [3.8, 4) is 5.69 Å². The van der Waals surface area contributed by atoms with Gasteiger partial charge in [0, 0.05) is 11.5 Å². The molecular weight excluding hydrogens is 262 g/mol. The number of nitrogens with zero attached hydrogens (tertiary/aromatic N) is 1. The monoisotopic (exact) mass is 272 g/mol. The number of aromatic nitrogens is 1. The van der Waals surface area contributed by atoms with Gasteiger partial charge in [-0.25, -0.2) is 8.78 Å². The predicted molar refractivity (Wildman–Crippen MR) is 73.9 cm³/mol. The number of hydrogen-bond acceptors (Lipinski definition) is 2. The molecule has 100 valence electrons. The number of benzene rings is 2. The lowest BCUT2D eigenvalue weighted by atomic mass is 10.1. The standard InChI is InChI=1S/C15H10F2N2O/c16-12-6-5-10(8-13(12)17)19-14(18)7-9-3-1-2-4-11(9)15(19)20/h1-8H,18H2. The minimum absolute atomic E-state index is 0.166. The number of rotatable bonds is 1. The van der Waals surface area contributed by atoms with E-state index in [-0.39, 0.29) is 17.1 Å². The molecule has 0 saturated carbocycles. The number of hydrogen-bond donors (Lipinski definition) is 1. The largest absolute Gasteiger partial charge is 0.385 e. The summed E-state index contributed by atoms with van der Waals surface area (Å²) < 4.78 is 27.4. The Morgan fingerprint density at radius 3 is 2.45 bits per heavy atom. The molecule has 0 atom stereocenters. The lowest BCUT2D eigenvalue weighted by Gasteiger charge is -2.11. The zero-order chi connectivity index (χ0) is 14.3. The fraction of sp³-hybridized carbons (Fsp3) is 0. The van der Waals surface area contributed by atoms with E-state index in [4.69, 9.17) is 5.73 Å². The third-order valence-electron chi connectivity index (χ3n) is 3.12. The summed E-state index contributed by atoms with van der Waals surface area (Å²) in [6, 6.07) is 11.8. The number of anilines is 1. The molecule has 0 spiro atoms. The Balaban J connectivity index is 2.36. The van der Waals surface area contributed by atoms with Crippen LogP contribution in [0.2, 0.25) is 0 Å². The van der Waals surface area contributed by atoms with Gasteiger partial charge in [-0.05, 0) is 29.7 Å².